The van der Waals surface area contributed by atoms with E-state index in [2.05, 4.69) is 6.08 Å². The fourth-order valence-corrected chi connectivity index (χ4v) is 2.92. The Bertz CT molecular complexity index is 80.1. The Morgan fingerprint density at radius 1 is 1.43 bits per heavy atom. The van der Waals surface area contributed by atoms with E-state index >= 15 is 0 Å². The summed E-state index contributed by atoms with van der Waals surface area (Å²) in [5, 5.41) is 0. The Balaban J connectivity index is 2.32. The Labute approximate surface area is 51.0 Å². The van der Waals surface area contributed by atoms with Crippen LogP contribution in [-0.4, -0.2) is 8.86 Å². The SMILES string of the molecule is FI1CC=CCC1. The summed E-state index contributed by atoms with van der Waals surface area (Å²) in [6.07, 6.45) is 5.06. The minimum atomic E-state index is -1.83. The Morgan fingerprint density at radius 2 is 2.29 bits per heavy atom. The molecule has 1 rings (SSSR count). The molecule has 0 amide bonds. The average Bonchev–Trinajstić information content (AvgIpc) is 1.69. The van der Waals surface area contributed by atoms with Crippen molar-refractivity contribution in [3.8, 4) is 0 Å². The predicted molar refractivity (Wildman–Crippen MR) is 38.6 cm³/mol. The molecule has 0 atom stereocenters. The van der Waals surface area contributed by atoms with Crippen LogP contribution in [-0.2, 0) is 0 Å². The van der Waals surface area contributed by atoms with Gasteiger partial charge in [-0.2, -0.15) is 0 Å². The molecule has 7 heavy (non-hydrogen) atoms. The number of hydrogen-bond acceptors (Lipinski definition) is 0. The first-order chi connectivity index (χ1) is 3.39. The molecule has 0 saturated heterocycles. The number of halogens is 2. The molecule has 0 nitrogen and oxygen atoms in total. The molecule has 0 saturated carbocycles. The molecule has 1 heterocycles. The predicted octanol–water partition coefficient (Wildman–Crippen LogP) is 2.34. The van der Waals surface area contributed by atoms with E-state index in [1.807, 2.05) is 6.08 Å². The van der Waals surface area contributed by atoms with Crippen LogP contribution in [0.4, 0.5) is 2.86 Å². The normalized spacial score (nSPS) is 25.6. The number of alkyl halides is 2. The second kappa shape index (κ2) is 2.64. The quantitative estimate of drug-likeness (QED) is 0.330. The second-order valence-electron chi connectivity index (χ2n) is 1.49. The molecule has 0 unspecified atom stereocenters. The molecule has 0 N–H and O–H groups in total. The number of allylic oxidation sites excluding steroid dienone is 2. The molecular weight excluding hydrogens is 206 g/mol. The van der Waals surface area contributed by atoms with Gasteiger partial charge in [0.25, 0.3) is 0 Å². The van der Waals surface area contributed by atoms with Crippen molar-refractivity contribution >= 4 is 20.4 Å². The van der Waals surface area contributed by atoms with Crippen LogP contribution < -0.4 is 0 Å². The van der Waals surface area contributed by atoms with Crippen LogP contribution in [0.3, 0.4) is 0 Å². The van der Waals surface area contributed by atoms with E-state index in [0.717, 1.165) is 15.3 Å². The van der Waals surface area contributed by atoms with Crippen molar-refractivity contribution in [2.24, 2.45) is 0 Å². The zero-order valence-corrected chi connectivity index (χ0v) is 6.19. The number of rotatable bonds is 0. The van der Waals surface area contributed by atoms with E-state index in [1.165, 1.54) is 0 Å². The van der Waals surface area contributed by atoms with E-state index in [4.69, 9.17) is 0 Å². The zero-order valence-electron chi connectivity index (χ0n) is 4.03. The molecule has 0 aromatic heterocycles. The van der Waals surface area contributed by atoms with Gasteiger partial charge in [0.1, 0.15) is 0 Å². The van der Waals surface area contributed by atoms with Gasteiger partial charge in [-0.3, -0.25) is 0 Å². The summed E-state index contributed by atoms with van der Waals surface area (Å²) in [4.78, 5) is 0. The molecule has 1 aliphatic heterocycles. The summed E-state index contributed by atoms with van der Waals surface area (Å²) in [5.74, 6) is 0. The summed E-state index contributed by atoms with van der Waals surface area (Å²) in [6, 6.07) is 0. The van der Waals surface area contributed by atoms with Gasteiger partial charge < -0.3 is 0 Å². The minimum absolute atomic E-state index is 0.796. The van der Waals surface area contributed by atoms with Crippen molar-refractivity contribution in [2.75, 3.05) is 8.86 Å². The Hall–Kier alpha value is 0.400. The summed E-state index contributed by atoms with van der Waals surface area (Å²) >= 11 is -1.83. The van der Waals surface area contributed by atoms with E-state index in [0.29, 0.717) is 0 Å². The van der Waals surface area contributed by atoms with E-state index in [-0.39, 0.29) is 0 Å². The van der Waals surface area contributed by atoms with Crippen molar-refractivity contribution in [2.45, 2.75) is 6.42 Å². The maximum absolute atomic E-state index is 12.3. The molecule has 1 aliphatic rings. The fraction of sp³-hybridized carbons (Fsp3) is 0.600. The number of hydrogen-bond donors (Lipinski definition) is 0. The fourth-order valence-electron chi connectivity index (χ4n) is 0.536. The zero-order chi connectivity index (χ0) is 5.11. The maximum atomic E-state index is 12.3. The third-order valence-electron chi connectivity index (χ3n) is 0.904. The average molecular weight is 214 g/mol. The van der Waals surface area contributed by atoms with E-state index in [9.17, 15) is 2.86 Å². The summed E-state index contributed by atoms with van der Waals surface area (Å²) in [6.45, 7) is 0. The van der Waals surface area contributed by atoms with Crippen LogP contribution in [0, 0.1) is 0 Å². The first kappa shape index (κ1) is 5.54. The van der Waals surface area contributed by atoms with Gasteiger partial charge in [0.05, 0.1) is 0 Å². The first-order valence-corrected chi connectivity index (χ1v) is 6.19. The van der Waals surface area contributed by atoms with Crippen LogP contribution in [0.2, 0.25) is 0 Å². The molecular formula is C5H8FI. The first-order valence-electron chi connectivity index (χ1n) is 2.33. The van der Waals surface area contributed by atoms with Gasteiger partial charge in [-0.25, -0.2) is 0 Å². The second-order valence-corrected chi connectivity index (χ2v) is 5.69. The van der Waals surface area contributed by atoms with Crippen molar-refractivity contribution in [1.82, 2.24) is 0 Å². The molecule has 42 valence electrons. The summed E-state index contributed by atoms with van der Waals surface area (Å²) in [7, 11) is 0. The van der Waals surface area contributed by atoms with Crippen LogP contribution in [0.15, 0.2) is 12.2 Å². The Kier molecular flexibility index (Phi) is 2.09. The van der Waals surface area contributed by atoms with Gasteiger partial charge in [0.2, 0.25) is 0 Å². The topological polar surface area (TPSA) is 0 Å². The molecule has 0 aromatic rings. The summed E-state index contributed by atoms with van der Waals surface area (Å²) < 4.78 is 14.0. The van der Waals surface area contributed by atoms with Crippen molar-refractivity contribution in [1.29, 1.82) is 0 Å². The monoisotopic (exact) mass is 214 g/mol. The standard InChI is InChI=1S/C5H8FI/c6-7-4-2-1-3-5-7/h1-2H,3-5H2. The van der Waals surface area contributed by atoms with Crippen LogP contribution in [0.5, 0.6) is 0 Å². The van der Waals surface area contributed by atoms with Crippen molar-refractivity contribution in [3.63, 3.8) is 0 Å². The van der Waals surface area contributed by atoms with E-state index < -0.39 is 20.4 Å². The van der Waals surface area contributed by atoms with Gasteiger partial charge in [0.15, 0.2) is 0 Å². The van der Waals surface area contributed by atoms with Gasteiger partial charge in [-0.15, -0.1) is 0 Å². The molecule has 2 heteroatoms. The van der Waals surface area contributed by atoms with Gasteiger partial charge in [0, 0.05) is 0 Å². The molecule has 0 aliphatic carbocycles. The van der Waals surface area contributed by atoms with Crippen LogP contribution >= 0.6 is 20.4 Å². The molecule has 0 radical (unpaired) electrons. The summed E-state index contributed by atoms with van der Waals surface area (Å²) in [5.41, 5.74) is 0. The molecule has 0 aromatic carbocycles. The third-order valence-corrected chi connectivity index (χ3v) is 4.16. The van der Waals surface area contributed by atoms with Crippen molar-refractivity contribution in [3.05, 3.63) is 12.2 Å². The van der Waals surface area contributed by atoms with Crippen LogP contribution in [0.25, 0.3) is 0 Å². The van der Waals surface area contributed by atoms with Gasteiger partial charge >= 0.3 is 50.7 Å². The molecule has 0 fully saturated rings. The molecule has 0 spiro atoms. The van der Waals surface area contributed by atoms with E-state index in [1.54, 1.807) is 0 Å². The van der Waals surface area contributed by atoms with Gasteiger partial charge in [-0.05, 0) is 0 Å². The van der Waals surface area contributed by atoms with Crippen LogP contribution in [0.1, 0.15) is 6.42 Å². The van der Waals surface area contributed by atoms with Gasteiger partial charge in [-0.1, -0.05) is 0 Å². The van der Waals surface area contributed by atoms with Crippen molar-refractivity contribution < 1.29 is 2.86 Å². The Morgan fingerprint density at radius 3 is 2.57 bits per heavy atom. The molecule has 0 bridgehead atoms. The third kappa shape index (κ3) is 1.76.